The number of nitrogens with two attached hydrogens (primary N) is 1. The highest BCUT2D eigenvalue weighted by Gasteiger charge is 2.21. The molecule has 0 aromatic heterocycles. The van der Waals surface area contributed by atoms with Crippen LogP contribution in [-0.2, 0) is 16.0 Å². The summed E-state index contributed by atoms with van der Waals surface area (Å²) in [4.78, 5) is 34.6. The molecule has 0 aliphatic rings. The summed E-state index contributed by atoms with van der Waals surface area (Å²) in [5, 5.41) is 12.1. The van der Waals surface area contributed by atoms with Crippen molar-refractivity contribution in [3.8, 4) is 11.5 Å². The van der Waals surface area contributed by atoms with E-state index in [1.165, 1.54) is 31.4 Å². The molecule has 0 radical (unpaired) electrons. The third-order valence-corrected chi connectivity index (χ3v) is 4.01. The van der Waals surface area contributed by atoms with Gasteiger partial charge < -0.3 is 25.6 Å². The average Bonchev–Trinajstić information content (AvgIpc) is 2.69. The molecule has 8 heteroatoms. The number of benzene rings is 2. The molecule has 2 rings (SSSR count). The van der Waals surface area contributed by atoms with Gasteiger partial charge in [0.15, 0.2) is 6.61 Å². The van der Waals surface area contributed by atoms with Gasteiger partial charge in [0.05, 0.1) is 13.0 Å². The summed E-state index contributed by atoms with van der Waals surface area (Å²) in [5.41, 5.74) is 6.09. The van der Waals surface area contributed by atoms with Crippen molar-refractivity contribution in [1.29, 1.82) is 0 Å². The van der Waals surface area contributed by atoms with E-state index in [1.807, 2.05) is 0 Å². The summed E-state index contributed by atoms with van der Waals surface area (Å²) in [7, 11) is 1.52. The lowest BCUT2D eigenvalue weighted by Gasteiger charge is -2.15. The lowest BCUT2D eigenvalue weighted by atomic mass is 9.98. The van der Waals surface area contributed by atoms with E-state index < -0.39 is 23.7 Å². The van der Waals surface area contributed by atoms with Crippen LogP contribution in [0.2, 0.25) is 0 Å². The molecule has 0 spiro atoms. The van der Waals surface area contributed by atoms with Crippen molar-refractivity contribution < 1.29 is 29.0 Å². The van der Waals surface area contributed by atoms with Crippen molar-refractivity contribution in [1.82, 2.24) is 5.32 Å². The van der Waals surface area contributed by atoms with E-state index in [1.54, 1.807) is 24.3 Å². The quantitative estimate of drug-likeness (QED) is 0.563. The zero-order valence-electron chi connectivity index (χ0n) is 15.4. The van der Waals surface area contributed by atoms with Gasteiger partial charge in [-0.1, -0.05) is 18.2 Å². The van der Waals surface area contributed by atoms with Crippen molar-refractivity contribution in [2.24, 2.45) is 11.7 Å². The number of carboxylic acids is 1. The number of rotatable bonds is 10. The van der Waals surface area contributed by atoms with Gasteiger partial charge in [-0.2, -0.15) is 0 Å². The summed E-state index contributed by atoms with van der Waals surface area (Å²) in [6, 6.07) is 13.2. The molecule has 0 saturated heterocycles. The molecule has 2 aromatic rings. The maximum atomic E-state index is 12.3. The minimum atomic E-state index is -1.01. The second-order valence-corrected chi connectivity index (χ2v) is 6.04. The number of carbonyl (C=O) groups excluding carboxylic acids is 2. The van der Waals surface area contributed by atoms with Gasteiger partial charge in [0, 0.05) is 12.1 Å². The van der Waals surface area contributed by atoms with Gasteiger partial charge in [-0.05, 0) is 42.3 Å². The number of carboxylic acid groups (broad SMARTS) is 1. The van der Waals surface area contributed by atoms with Crippen LogP contribution < -0.4 is 20.5 Å². The van der Waals surface area contributed by atoms with Gasteiger partial charge in [-0.25, -0.2) is 0 Å². The Labute approximate surface area is 162 Å². The standard InChI is InChI=1S/C20H22N2O6/c1-27-17-5-3-2-4-14(17)10-15(20(25)26)11-22-19(24)13-6-8-16(9-7-13)28-12-18(21)23/h2-9,15H,10-12H2,1H3,(H2,21,23)(H,22,24)(H,25,26). The molecule has 2 aromatic carbocycles. The van der Waals surface area contributed by atoms with Crippen LogP contribution in [0.5, 0.6) is 11.5 Å². The van der Waals surface area contributed by atoms with E-state index in [4.69, 9.17) is 15.2 Å². The van der Waals surface area contributed by atoms with Crippen LogP contribution in [-0.4, -0.2) is 43.2 Å². The Kier molecular flexibility index (Phi) is 7.38. The average molecular weight is 386 g/mol. The van der Waals surface area contributed by atoms with Crippen molar-refractivity contribution >= 4 is 17.8 Å². The number of hydrogen-bond donors (Lipinski definition) is 3. The summed E-state index contributed by atoms with van der Waals surface area (Å²) >= 11 is 0. The molecule has 4 N–H and O–H groups in total. The Balaban J connectivity index is 1.96. The fourth-order valence-corrected chi connectivity index (χ4v) is 2.56. The van der Waals surface area contributed by atoms with Crippen molar-refractivity contribution in [2.75, 3.05) is 20.3 Å². The number of methoxy groups -OCH3 is 1. The molecule has 0 aliphatic carbocycles. The van der Waals surface area contributed by atoms with Crippen LogP contribution in [0.25, 0.3) is 0 Å². The molecule has 1 unspecified atom stereocenters. The van der Waals surface area contributed by atoms with E-state index >= 15 is 0 Å². The van der Waals surface area contributed by atoms with E-state index in [2.05, 4.69) is 5.32 Å². The van der Waals surface area contributed by atoms with E-state index in [0.717, 1.165) is 5.56 Å². The number of amides is 2. The molecule has 1 atom stereocenters. The third-order valence-electron chi connectivity index (χ3n) is 4.01. The Morgan fingerprint density at radius 1 is 1.11 bits per heavy atom. The summed E-state index contributed by atoms with van der Waals surface area (Å²) in [5.74, 6) is -1.83. The Morgan fingerprint density at radius 2 is 1.79 bits per heavy atom. The second kappa shape index (κ2) is 9.96. The van der Waals surface area contributed by atoms with E-state index in [9.17, 15) is 19.5 Å². The number of primary amides is 1. The topological polar surface area (TPSA) is 128 Å². The van der Waals surface area contributed by atoms with Crippen LogP contribution in [0, 0.1) is 5.92 Å². The molecular weight excluding hydrogens is 364 g/mol. The predicted octanol–water partition coefficient (Wildman–Crippen LogP) is 1.23. The van der Waals surface area contributed by atoms with Crippen LogP contribution in [0.4, 0.5) is 0 Å². The minimum absolute atomic E-state index is 0.0356. The Bertz CT molecular complexity index is 835. The highest BCUT2D eigenvalue weighted by atomic mass is 16.5. The van der Waals surface area contributed by atoms with Crippen LogP contribution in [0.3, 0.4) is 0 Å². The van der Waals surface area contributed by atoms with E-state index in [-0.39, 0.29) is 19.6 Å². The molecule has 0 fully saturated rings. The lowest BCUT2D eigenvalue weighted by Crippen LogP contribution is -2.34. The van der Waals surface area contributed by atoms with Gasteiger partial charge in [-0.3, -0.25) is 14.4 Å². The largest absolute Gasteiger partial charge is 0.496 e. The monoisotopic (exact) mass is 386 g/mol. The highest BCUT2D eigenvalue weighted by Crippen LogP contribution is 2.21. The Hall–Kier alpha value is -3.55. The van der Waals surface area contributed by atoms with Crippen LogP contribution >= 0.6 is 0 Å². The molecule has 8 nitrogen and oxygen atoms in total. The molecule has 0 bridgehead atoms. The summed E-state index contributed by atoms with van der Waals surface area (Å²) < 4.78 is 10.4. The first-order valence-electron chi connectivity index (χ1n) is 8.54. The molecule has 0 heterocycles. The van der Waals surface area contributed by atoms with Crippen molar-refractivity contribution in [3.05, 3.63) is 59.7 Å². The van der Waals surface area contributed by atoms with Crippen LogP contribution in [0.1, 0.15) is 15.9 Å². The maximum absolute atomic E-state index is 12.3. The number of nitrogens with one attached hydrogen (secondary N) is 1. The smallest absolute Gasteiger partial charge is 0.308 e. The number of para-hydroxylation sites is 1. The predicted molar refractivity (Wildman–Crippen MR) is 101 cm³/mol. The lowest BCUT2D eigenvalue weighted by molar-refractivity contribution is -0.141. The summed E-state index contributed by atoms with van der Waals surface area (Å²) in [6.45, 7) is -0.291. The molecule has 148 valence electrons. The fourth-order valence-electron chi connectivity index (χ4n) is 2.56. The third kappa shape index (κ3) is 6.01. The van der Waals surface area contributed by atoms with Crippen molar-refractivity contribution in [2.45, 2.75) is 6.42 Å². The summed E-state index contributed by atoms with van der Waals surface area (Å²) in [6.07, 6.45) is 0.222. The maximum Gasteiger partial charge on any atom is 0.308 e. The minimum Gasteiger partial charge on any atom is -0.496 e. The van der Waals surface area contributed by atoms with Gasteiger partial charge in [-0.15, -0.1) is 0 Å². The van der Waals surface area contributed by atoms with E-state index in [0.29, 0.717) is 17.1 Å². The first-order valence-corrected chi connectivity index (χ1v) is 8.54. The normalized spacial score (nSPS) is 11.3. The number of carbonyl (C=O) groups is 3. The molecule has 0 saturated carbocycles. The second-order valence-electron chi connectivity index (χ2n) is 6.04. The van der Waals surface area contributed by atoms with Gasteiger partial charge >= 0.3 is 5.97 Å². The zero-order valence-corrected chi connectivity index (χ0v) is 15.4. The zero-order chi connectivity index (χ0) is 20.5. The fraction of sp³-hybridized carbons (Fsp3) is 0.250. The SMILES string of the molecule is COc1ccccc1CC(CNC(=O)c1ccc(OCC(N)=O)cc1)C(=O)O. The number of aliphatic carboxylic acids is 1. The van der Waals surface area contributed by atoms with Gasteiger partial charge in [0.25, 0.3) is 11.8 Å². The van der Waals surface area contributed by atoms with Gasteiger partial charge in [0.2, 0.25) is 0 Å². The number of ether oxygens (including phenoxy) is 2. The van der Waals surface area contributed by atoms with Gasteiger partial charge in [0.1, 0.15) is 11.5 Å². The Morgan fingerprint density at radius 3 is 2.39 bits per heavy atom. The van der Waals surface area contributed by atoms with Crippen LogP contribution in [0.15, 0.2) is 48.5 Å². The highest BCUT2D eigenvalue weighted by molar-refractivity contribution is 5.94. The molecular formula is C20H22N2O6. The first kappa shape index (κ1) is 20.8. The van der Waals surface area contributed by atoms with Crippen molar-refractivity contribution in [3.63, 3.8) is 0 Å². The number of hydrogen-bond acceptors (Lipinski definition) is 5. The molecule has 0 aliphatic heterocycles. The molecule has 2 amide bonds. The molecule has 28 heavy (non-hydrogen) atoms. The first-order chi connectivity index (χ1) is 13.4.